The number of aliphatic imine (C=N–C) groups is 1. The molecule has 0 aliphatic carbocycles. The van der Waals surface area contributed by atoms with Crippen molar-refractivity contribution in [3.63, 3.8) is 0 Å². The summed E-state index contributed by atoms with van der Waals surface area (Å²) in [4.78, 5) is 16.8. The van der Waals surface area contributed by atoms with Crippen LogP contribution in [0.1, 0.15) is 18.1 Å². The van der Waals surface area contributed by atoms with Crippen LogP contribution in [-0.2, 0) is 4.79 Å². The molecule has 2 aromatic rings. The molecule has 6 heteroatoms. The van der Waals surface area contributed by atoms with E-state index in [1.54, 1.807) is 32.4 Å². The zero-order valence-corrected chi connectivity index (χ0v) is 14.9. The van der Waals surface area contributed by atoms with Crippen molar-refractivity contribution in [2.45, 2.75) is 6.92 Å². The molecule has 1 heterocycles. The molecule has 0 fully saturated rings. The smallest absolute Gasteiger partial charge is 0.275 e. The van der Waals surface area contributed by atoms with Crippen LogP contribution in [0, 0.1) is 0 Å². The molecule has 3 rings (SSSR count). The third kappa shape index (κ3) is 3.54. The first-order valence-electron chi connectivity index (χ1n) is 8.22. The number of methoxy groups -OCH3 is 2. The average Bonchev–Trinajstić information content (AvgIpc) is 3.01. The fraction of sp³-hybridized carbons (Fsp3) is 0.200. The molecular weight excluding hydrogens is 332 g/mol. The monoisotopic (exact) mass is 352 g/mol. The first-order valence-corrected chi connectivity index (χ1v) is 8.22. The van der Waals surface area contributed by atoms with Gasteiger partial charge in [-0.1, -0.05) is 18.2 Å². The van der Waals surface area contributed by atoms with Gasteiger partial charge in [0, 0.05) is 0 Å². The molecule has 0 bridgehead atoms. The van der Waals surface area contributed by atoms with Crippen LogP contribution < -0.4 is 19.5 Å². The Balaban J connectivity index is 1.99. The van der Waals surface area contributed by atoms with Crippen LogP contribution in [0.25, 0.3) is 6.08 Å². The van der Waals surface area contributed by atoms with Crippen LogP contribution in [0.2, 0.25) is 0 Å². The lowest BCUT2D eigenvalue weighted by molar-refractivity contribution is -0.115. The Bertz CT molecular complexity index is 865. The minimum atomic E-state index is -0.283. The number of carbonyl (C=O) groups is 1. The van der Waals surface area contributed by atoms with Gasteiger partial charge < -0.3 is 19.5 Å². The van der Waals surface area contributed by atoms with E-state index in [4.69, 9.17) is 14.2 Å². The van der Waals surface area contributed by atoms with Gasteiger partial charge in [-0.05, 0) is 42.8 Å². The van der Waals surface area contributed by atoms with Crippen molar-refractivity contribution in [3.05, 3.63) is 59.3 Å². The summed E-state index contributed by atoms with van der Waals surface area (Å²) in [5, 5.41) is 2.78. The predicted molar refractivity (Wildman–Crippen MR) is 99.8 cm³/mol. The Labute approximate surface area is 152 Å². The molecule has 0 atom stereocenters. The first-order chi connectivity index (χ1) is 12.7. The number of benzene rings is 2. The SMILES string of the molecule is CCOc1cccc(/C=C2/N=C(c3c(OC)cccc3OC)NC2=O)c1. The zero-order chi connectivity index (χ0) is 18.5. The number of rotatable bonds is 6. The van der Waals surface area contributed by atoms with Crippen LogP contribution in [0.15, 0.2) is 53.2 Å². The second-order valence-corrected chi connectivity index (χ2v) is 5.49. The fourth-order valence-electron chi connectivity index (χ4n) is 2.69. The largest absolute Gasteiger partial charge is 0.496 e. The molecule has 6 nitrogen and oxygen atoms in total. The number of hydrogen-bond donors (Lipinski definition) is 1. The molecule has 1 aliphatic heterocycles. The van der Waals surface area contributed by atoms with Crippen LogP contribution >= 0.6 is 0 Å². The van der Waals surface area contributed by atoms with Crippen molar-refractivity contribution < 1.29 is 19.0 Å². The number of ether oxygens (including phenoxy) is 3. The number of hydrogen-bond acceptors (Lipinski definition) is 5. The van der Waals surface area contributed by atoms with E-state index in [1.807, 2.05) is 37.3 Å². The summed E-state index contributed by atoms with van der Waals surface area (Å²) < 4.78 is 16.3. The molecule has 0 aromatic heterocycles. The molecule has 0 saturated heterocycles. The number of carbonyl (C=O) groups excluding carboxylic acids is 1. The lowest BCUT2D eigenvalue weighted by Gasteiger charge is -2.12. The van der Waals surface area contributed by atoms with Gasteiger partial charge in [-0.2, -0.15) is 0 Å². The molecule has 0 saturated carbocycles. The molecular formula is C20H20N2O4. The summed E-state index contributed by atoms with van der Waals surface area (Å²) in [5.41, 5.74) is 1.75. The molecule has 0 unspecified atom stereocenters. The Hall–Kier alpha value is -3.28. The van der Waals surface area contributed by atoms with Gasteiger partial charge in [0.25, 0.3) is 5.91 Å². The van der Waals surface area contributed by atoms with E-state index >= 15 is 0 Å². The second kappa shape index (κ2) is 7.74. The summed E-state index contributed by atoms with van der Waals surface area (Å²) in [6.45, 7) is 2.50. The van der Waals surface area contributed by atoms with E-state index in [1.165, 1.54) is 0 Å². The molecule has 134 valence electrons. The third-order valence-corrected chi connectivity index (χ3v) is 3.83. The van der Waals surface area contributed by atoms with Crippen molar-refractivity contribution in [3.8, 4) is 17.2 Å². The van der Waals surface area contributed by atoms with Crippen molar-refractivity contribution in [2.75, 3.05) is 20.8 Å². The Morgan fingerprint density at radius 1 is 1.08 bits per heavy atom. The van der Waals surface area contributed by atoms with Crippen molar-refractivity contribution in [1.82, 2.24) is 5.32 Å². The second-order valence-electron chi connectivity index (χ2n) is 5.49. The highest BCUT2D eigenvalue weighted by molar-refractivity contribution is 6.21. The van der Waals surface area contributed by atoms with E-state index in [0.717, 1.165) is 11.3 Å². The van der Waals surface area contributed by atoms with E-state index < -0.39 is 0 Å². The molecule has 2 aromatic carbocycles. The van der Waals surface area contributed by atoms with E-state index in [0.29, 0.717) is 35.2 Å². The van der Waals surface area contributed by atoms with Crippen molar-refractivity contribution >= 4 is 17.8 Å². The van der Waals surface area contributed by atoms with Gasteiger partial charge >= 0.3 is 0 Å². The van der Waals surface area contributed by atoms with Gasteiger partial charge in [0.05, 0.1) is 20.8 Å². The van der Waals surface area contributed by atoms with E-state index in [2.05, 4.69) is 10.3 Å². The van der Waals surface area contributed by atoms with Gasteiger partial charge in [-0.15, -0.1) is 0 Å². The van der Waals surface area contributed by atoms with Crippen LogP contribution in [0.5, 0.6) is 17.2 Å². The number of nitrogens with zero attached hydrogens (tertiary/aromatic N) is 1. The summed E-state index contributed by atoms with van der Waals surface area (Å²) in [6, 6.07) is 12.9. The highest BCUT2D eigenvalue weighted by atomic mass is 16.5. The van der Waals surface area contributed by atoms with E-state index in [-0.39, 0.29) is 5.91 Å². The van der Waals surface area contributed by atoms with Crippen LogP contribution in [-0.4, -0.2) is 32.6 Å². The average molecular weight is 352 g/mol. The first kappa shape index (κ1) is 17.5. The van der Waals surface area contributed by atoms with Gasteiger partial charge in [0.15, 0.2) is 0 Å². The number of amides is 1. The maximum atomic E-state index is 12.4. The summed E-state index contributed by atoms with van der Waals surface area (Å²) in [5.74, 6) is 2.01. The molecule has 0 spiro atoms. The highest BCUT2D eigenvalue weighted by Crippen LogP contribution is 2.30. The molecule has 1 amide bonds. The lowest BCUT2D eigenvalue weighted by atomic mass is 10.1. The maximum Gasteiger partial charge on any atom is 0.275 e. The predicted octanol–water partition coefficient (Wildman–Crippen LogP) is 3.02. The minimum absolute atomic E-state index is 0.283. The Morgan fingerprint density at radius 2 is 1.77 bits per heavy atom. The van der Waals surface area contributed by atoms with E-state index in [9.17, 15) is 4.79 Å². The topological polar surface area (TPSA) is 69.2 Å². The van der Waals surface area contributed by atoms with Crippen molar-refractivity contribution in [1.29, 1.82) is 0 Å². The zero-order valence-electron chi connectivity index (χ0n) is 14.9. The molecule has 1 aliphatic rings. The van der Waals surface area contributed by atoms with Crippen LogP contribution in [0.3, 0.4) is 0 Å². The Kier molecular flexibility index (Phi) is 5.22. The van der Waals surface area contributed by atoms with Gasteiger partial charge in [0.1, 0.15) is 34.3 Å². The molecule has 26 heavy (non-hydrogen) atoms. The van der Waals surface area contributed by atoms with Gasteiger partial charge in [-0.25, -0.2) is 4.99 Å². The van der Waals surface area contributed by atoms with Crippen molar-refractivity contribution in [2.24, 2.45) is 4.99 Å². The minimum Gasteiger partial charge on any atom is -0.496 e. The number of amidine groups is 1. The quantitative estimate of drug-likeness (QED) is 0.812. The highest BCUT2D eigenvalue weighted by Gasteiger charge is 2.26. The molecule has 1 N–H and O–H groups in total. The lowest BCUT2D eigenvalue weighted by Crippen LogP contribution is -2.25. The van der Waals surface area contributed by atoms with Crippen LogP contribution in [0.4, 0.5) is 0 Å². The third-order valence-electron chi connectivity index (χ3n) is 3.83. The van der Waals surface area contributed by atoms with Gasteiger partial charge in [-0.3, -0.25) is 4.79 Å². The standard InChI is InChI=1S/C20H20N2O4/c1-4-26-14-8-5-7-13(11-14)12-15-20(23)22-19(21-15)18-16(24-2)9-6-10-17(18)25-3/h5-12H,4H2,1-3H3,(H,21,22,23)/b15-12+. The summed E-state index contributed by atoms with van der Waals surface area (Å²) in [6.07, 6.45) is 1.72. The fourth-order valence-corrected chi connectivity index (χ4v) is 2.69. The summed E-state index contributed by atoms with van der Waals surface area (Å²) in [7, 11) is 3.12. The van der Waals surface area contributed by atoms with Gasteiger partial charge in [0.2, 0.25) is 0 Å². The summed E-state index contributed by atoms with van der Waals surface area (Å²) >= 11 is 0. The number of nitrogens with one attached hydrogen (secondary N) is 1. The maximum absolute atomic E-state index is 12.4. The molecule has 0 radical (unpaired) electrons. The normalized spacial score (nSPS) is 14.8. The Morgan fingerprint density at radius 3 is 2.42 bits per heavy atom.